The summed E-state index contributed by atoms with van der Waals surface area (Å²) in [6.07, 6.45) is -4.41. The monoisotopic (exact) mass is 272 g/mol. The molecule has 1 atom stereocenters. The van der Waals surface area contributed by atoms with Crippen molar-refractivity contribution < 1.29 is 27.4 Å². The second-order valence-electron chi connectivity index (χ2n) is 3.95. The van der Waals surface area contributed by atoms with Gasteiger partial charge in [0.15, 0.2) is 0 Å². The largest absolute Gasteiger partial charge is 0.573 e. The zero-order valence-electron chi connectivity index (χ0n) is 9.94. The van der Waals surface area contributed by atoms with Crippen molar-refractivity contribution in [1.82, 2.24) is 0 Å². The van der Waals surface area contributed by atoms with Crippen LogP contribution in [0.2, 0.25) is 0 Å². The maximum absolute atomic E-state index is 12.1. The number of hydrogen-bond donors (Lipinski definition) is 1. The van der Waals surface area contributed by atoms with E-state index in [0.717, 1.165) is 6.07 Å². The van der Waals surface area contributed by atoms with Gasteiger partial charge in [-0.3, -0.25) is 0 Å². The quantitative estimate of drug-likeness (QED) is 0.928. The van der Waals surface area contributed by atoms with Gasteiger partial charge >= 0.3 is 6.36 Å². The summed E-state index contributed by atoms with van der Waals surface area (Å²) < 4.78 is 45.2. The van der Waals surface area contributed by atoms with Gasteiger partial charge in [-0.05, 0) is 30.7 Å². The first-order valence-electron chi connectivity index (χ1n) is 5.44. The van der Waals surface area contributed by atoms with E-state index in [1.54, 1.807) is 13.0 Å². The van der Waals surface area contributed by atoms with E-state index in [9.17, 15) is 18.3 Å². The van der Waals surface area contributed by atoms with Crippen molar-refractivity contribution in [3.63, 3.8) is 0 Å². The van der Waals surface area contributed by atoms with Crippen LogP contribution in [-0.2, 0) is 0 Å². The Labute approximate surface area is 107 Å². The molecule has 0 aliphatic carbocycles. The molecule has 0 amide bonds. The predicted molar refractivity (Wildman–Crippen MR) is 60.6 cm³/mol. The minimum Gasteiger partial charge on any atom is -0.469 e. The van der Waals surface area contributed by atoms with Crippen molar-refractivity contribution in [2.24, 2.45) is 0 Å². The first-order chi connectivity index (χ1) is 8.87. The lowest BCUT2D eigenvalue weighted by atomic mass is 10.0. The fourth-order valence-electron chi connectivity index (χ4n) is 1.74. The number of alkyl halides is 3. The molecule has 1 aromatic carbocycles. The van der Waals surface area contributed by atoms with E-state index in [1.165, 1.54) is 24.5 Å². The highest BCUT2D eigenvalue weighted by Crippen LogP contribution is 2.29. The first-order valence-corrected chi connectivity index (χ1v) is 5.44. The van der Waals surface area contributed by atoms with Gasteiger partial charge in [-0.25, -0.2) is 0 Å². The van der Waals surface area contributed by atoms with Gasteiger partial charge < -0.3 is 14.3 Å². The number of furan rings is 1. The molecule has 0 bridgehead atoms. The maximum Gasteiger partial charge on any atom is 0.573 e. The molecule has 6 heteroatoms. The molecular formula is C13H11F3O3. The summed E-state index contributed by atoms with van der Waals surface area (Å²) in [6.45, 7) is 1.66. The highest BCUT2D eigenvalue weighted by Gasteiger charge is 2.31. The van der Waals surface area contributed by atoms with Crippen molar-refractivity contribution >= 4 is 0 Å². The molecule has 3 nitrogen and oxygen atoms in total. The van der Waals surface area contributed by atoms with Crippen LogP contribution in [0.5, 0.6) is 5.75 Å². The van der Waals surface area contributed by atoms with Crippen LogP contribution in [0.25, 0.3) is 0 Å². The number of ether oxygens (including phenoxy) is 1. The average molecular weight is 272 g/mol. The normalized spacial score (nSPS) is 13.3. The van der Waals surface area contributed by atoms with Gasteiger partial charge in [0.25, 0.3) is 0 Å². The zero-order chi connectivity index (χ0) is 14.0. The number of aryl methyl sites for hydroxylation is 1. The maximum atomic E-state index is 12.1. The molecule has 1 unspecified atom stereocenters. The van der Waals surface area contributed by atoms with Crippen molar-refractivity contribution in [2.45, 2.75) is 19.4 Å². The molecular weight excluding hydrogens is 261 g/mol. The lowest BCUT2D eigenvalue weighted by Crippen LogP contribution is -2.17. The molecule has 102 valence electrons. The molecule has 0 saturated carbocycles. The van der Waals surface area contributed by atoms with E-state index < -0.39 is 12.5 Å². The Morgan fingerprint density at radius 3 is 2.58 bits per heavy atom. The summed E-state index contributed by atoms with van der Waals surface area (Å²) in [7, 11) is 0. The molecule has 1 heterocycles. The van der Waals surface area contributed by atoms with Crippen LogP contribution >= 0.6 is 0 Å². The minimum atomic E-state index is -4.75. The van der Waals surface area contributed by atoms with Crippen molar-refractivity contribution in [3.05, 3.63) is 53.5 Å². The summed E-state index contributed by atoms with van der Waals surface area (Å²) in [5.74, 6) is 0.139. The Morgan fingerprint density at radius 1 is 1.26 bits per heavy atom. The van der Waals surface area contributed by atoms with Crippen molar-refractivity contribution in [3.8, 4) is 5.75 Å². The summed E-state index contributed by atoms with van der Waals surface area (Å²) in [6, 6.07) is 6.78. The molecule has 1 N–H and O–H groups in total. The Morgan fingerprint density at radius 2 is 2.00 bits per heavy atom. The topological polar surface area (TPSA) is 42.6 Å². The Kier molecular flexibility index (Phi) is 3.53. The average Bonchev–Trinajstić information content (AvgIpc) is 2.72. The molecule has 0 spiro atoms. The van der Waals surface area contributed by atoms with Crippen LogP contribution in [0.3, 0.4) is 0 Å². The number of hydrogen-bond acceptors (Lipinski definition) is 3. The number of aliphatic hydroxyl groups excluding tert-OH is 1. The van der Waals surface area contributed by atoms with Crippen LogP contribution in [0.15, 0.2) is 41.0 Å². The van der Waals surface area contributed by atoms with E-state index in [4.69, 9.17) is 4.42 Å². The van der Waals surface area contributed by atoms with E-state index in [1.807, 2.05) is 0 Å². The highest BCUT2D eigenvalue weighted by atomic mass is 19.4. The third-order valence-electron chi connectivity index (χ3n) is 2.60. The second kappa shape index (κ2) is 4.97. The number of rotatable bonds is 3. The molecule has 2 rings (SSSR count). The lowest BCUT2D eigenvalue weighted by molar-refractivity contribution is -0.274. The van der Waals surface area contributed by atoms with Gasteiger partial charge in [0.2, 0.25) is 0 Å². The van der Waals surface area contributed by atoms with Crippen LogP contribution in [0.1, 0.15) is 23.0 Å². The summed E-state index contributed by atoms with van der Waals surface area (Å²) >= 11 is 0. The van der Waals surface area contributed by atoms with Gasteiger partial charge in [-0.15, -0.1) is 13.2 Å². The standard InChI is InChI=1S/C13H11F3O3/c1-8-11(5-6-18-8)12(17)9-3-2-4-10(7-9)19-13(14,15)16/h2-7,12,17H,1H3. The Hall–Kier alpha value is -1.95. The number of aliphatic hydroxyl groups is 1. The van der Waals surface area contributed by atoms with Crippen LogP contribution in [0.4, 0.5) is 13.2 Å². The van der Waals surface area contributed by atoms with Gasteiger partial charge in [0.05, 0.1) is 6.26 Å². The molecule has 0 aliphatic heterocycles. The minimum absolute atomic E-state index is 0.297. The fraction of sp³-hybridized carbons (Fsp3) is 0.231. The Bertz CT molecular complexity index is 560. The smallest absolute Gasteiger partial charge is 0.469 e. The molecule has 19 heavy (non-hydrogen) atoms. The molecule has 2 aromatic rings. The summed E-state index contributed by atoms with van der Waals surface area (Å²) in [5, 5.41) is 10.1. The van der Waals surface area contributed by atoms with Crippen LogP contribution < -0.4 is 4.74 Å². The summed E-state index contributed by atoms with van der Waals surface area (Å²) in [4.78, 5) is 0. The lowest BCUT2D eigenvalue weighted by Gasteiger charge is -2.13. The van der Waals surface area contributed by atoms with Gasteiger partial charge in [-0.1, -0.05) is 12.1 Å². The van der Waals surface area contributed by atoms with Crippen molar-refractivity contribution in [1.29, 1.82) is 0 Å². The molecule has 0 saturated heterocycles. The molecule has 1 aromatic heterocycles. The third-order valence-corrected chi connectivity index (χ3v) is 2.60. The predicted octanol–water partition coefficient (Wildman–Crippen LogP) is 3.57. The van der Waals surface area contributed by atoms with E-state index in [-0.39, 0.29) is 5.75 Å². The van der Waals surface area contributed by atoms with Gasteiger partial charge in [-0.2, -0.15) is 0 Å². The Balaban J connectivity index is 2.26. The molecule has 0 radical (unpaired) electrons. The SMILES string of the molecule is Cc1occc1C(O)c1cccc(OC(F)(F)F)c1. The van der Waals surface area contributed by atoms with Gasteiger partial charge in [0, 0.05) is 5.56 Å². The fourth-order valence-corrected chi connectivity index (χ4v) is 1.74. The van der Waals surface area contributed by atoms with Crippen molar-refractivity contribution in [2.75, 3.05) is 0 Å². The first kappa shape index (κ1) is 13.5. The van der Waals surface area contributed by atoms with E-state index >= 15 is 0 Å². The van der Waals surface area contributed by atoms with Gasteiger partial charge in [0.1, 0.15) is 17.6 Å². The zero-order valence-corrected chi connectivity index (χ0v) is 9.94. The third kappa shape index (κ3) is 3.29. The second-order valence-corrected chi connectivity index (χ2v) is 3.95. The van der Waals surface area contributed by atoms with E-state index in [2.05, 4.69) is 4.74 Å². The number of halogens is 3. The van der Waals surface area contributed by atoms with E-state index in [0.29, 0.717) is 16.9 Å². The molecule has 0 aliphatic rings. The van der Waals surface area contributed by atoms with Crippen LogP contribution in [0, 0.1) is 6.92 Å². The summed E-state index contributed by atoms with van der Waals surface area (Å²) in [5.41, 5.74) is 0.801. The number of benzene rings is 1. The highest BCUT2D eigenvalue weighted by molar-refractivity contribution is 5.36. The van der Waals surface area contributed by atoms with Crippen LogP contribution in [-0.4, -0.2) is 11.5 Å². The molecule has 0 fully saturated rings.